The van der Waals surface area contributed by atoms with Crippen molar-refractivity contribution in [3.05, 3.63) is 35.5 Å². The van der Waals surface area contributed by atoms with E-state index in [1.807, 2.05) is 11.9 Å². The highest BCUT2D eigenvalue weighted by atomic mass is 16.2. The van der Waals surface area contributed by atoms with Crippen molar-refractivity contribution in [2.75, 3.05) is 30.1 Å². The second kappa shape index (κ2) is 5.01. The zero-order valence-corrected chi connectivity index (χ0v) is 13.7. The molecular formula is C17H21N5O. The molecule has 0 saturated carbocycles. The van der Waals surface area contributed by atoms with E-state index in [-0.39, 0.29) is 5.91 Å². The first kappa shape index (κ1) is 14.1. The van der Waals surface area contributed by atoms with Crippen molar-refractivity contribution < 1.29 is 4.79 Å². The number of fused-ring (bicyclic) bond motifs is 3. The van der Waals surface area contributed by atoms with Crippen LogP contribution in [0.2, 0.25) is 0 Å². The SMILES string of the molecule is Cc1cccc(N2CC(C)Cn3c2nc2c3C(=O)NCN2C)c1. The van der Waals surface area contributed by atoms with Crippen LogP contribution < -0.4 is 15.1 Å². The molecule has 23 heavy (non-hydrogen) atoms. The number of carbonyl (C=O) groups is 1. The number of benzene rings is 1. The molecule has 2 aliphatic rings. The van der Waals surface area contributed by atoms with E-state index in [4.69, 9.17) is 4.98 Å². The van der Waals surface area contributed by atoms with Crippen LogP contribution >= 0.6 is 0 Å². The van der Waals surface area contributed by atoms with Gasteiger partial charge in [-0.05, 0) is 30.5 Å². The smallest absolute Gasteiger partial charge is 0.273 e. The normalized spacial score (nSPS) is 20.1. The summed E-state index contributed by atoms with van der Waals surface area (Å²) in [5.41, 5.74) is 3.03. The van der Waals surface area contributed by atoms with Crippen molar-refractivity contribution in [2.24, 2.45) is 5.92 Å². The van der Waals surface area contributed by atoms with Gasteiger partial charge in [-0.15, -0.1) is 0 Å². The van der Waals surface area contributed by atoms with Crippen molar-refractivity contribution >= 4 is 23.4 Å². The summed E-state index contributed by atoms with van der Waals surface area (Å²) in [6.07, 6.45) is 0. The number of hydrogen-bond acceptors (Lipinski definition) is 4. The molecule has 1 aromatic carbocycles. The van der Waals surface area contributed by atoms with E-state index in [9.17, 15) is 4.79 Å². The molecule has 1 unspecified atom stereocenters. The zero-order chi connectivity index (χ0) is 16.1. The quantitative estimate of drug-likeness (QED) is 0.876. The first-order valence-electron chi connectivity index (χ1n) is 7.98. The van der Waals surface area contributed by atoms with Crippen LogP contribution in [0.25, 0.3) is 0 Å². The maximum atomic E-state index is 12.4. The van der Waals surface area contributed by atoms with Crippen LogP contribution in [0.1, 0.15) is 23.0 Å². The summed E-state index contributed by atoms with van der Waals surface area (Å²) in [7, 11) is 1.96. The Labute approximate surface area is 135 Å². The Morgan fingerprint density at radius 3 is 2.91 bits per heavy atom. The standard InChI is InChI=1S/C17H21N5O/c1-11-5-4-6-13(7-11)21-8-12(2)9-22-14-15(19-17(21)22)20(3)10-18-16(14)23/h4-7,12H,8-10H2,1-3H3,(H,18,23). The Bertz CT molecular complexity index is 781. The van der Waals surface area contributed by atoms with E-state index in [0.717, 1.165) is 30.5 Å². The number of rotatable bonds is 1. The minimum Gasteiger partial charge on any atom is -0.340 e. The van der Waals surface area contributed by atoms with Gasteiger partial charge in [0.1, 0.15) is 0 Å². The highest BCUT2D eigenvalue weighted by molar-refractivity contribution is 6.00. The molecule has 0 spiro atoms. The Kier molecular flexibility index (Phi) is 3.07. The van der Waals surface area contributed by atoms with E-state index in [1.165, 1.54) is 5.56 Å². The molecule has 0 fully saturated rings. The number of amides is 1. The van der Waals surface area contributed by atoms with Gasteiger partial charge in [-0.25, -0.2) is 0 Å². The monoisotopic (exact) mass is 311 g/mol. The minimum absolute atomic E-state index is 0.0323. The number of hydrogen-bond donors (Lipinski definition) is 1. The van der Waals surface area contributed by atoms with Gasteiger partial charge in [0.15, 0.2) is 11.5 Å². The fourth-order valence-electron chi connectivity index (χ4n) is 3.43. The van der Waals surface area contributed by atoms with Crippen LogP contribution in [-0.4, -0.2) is 35.7 Å². The first-order valence-corrected chi connectivity index (χ1v) is 7.98. The Hall–Kier alpha value is -2.50. The van der Waals surface area contributed by atoms with Gasteiger partial charge in [-0.2, -0.15) is 4.98 Å². The van der Waals surface area contributed by atoms with E-state index in [2.05, 4.69) is 52.9 Å². The molecule has 1 N–H and O–H groups in total. The van der Waals surface area contributed by atoms with E-state index < -0.39 is 0 Å². The topological polar surface area (TPSA) is 53.4 Å². The van der Waals surface area contributed by atoms with Crippen molar-refractivity contribution in [3.63, 3.8) is 0 Å². The summed E-state index contributed by atoms with van der Waals surface area (Å²) >= 11 is 0. The molecule has 1 atom stereocenters. The third-order valence-corrected chi connectivity index (χ3v) is 4.53. The Morgan fingerprint density at radius 2 is 2.13 bits per heavy atom. The summed E-state index contributed by atoms with van der Waals surface area (Å²) < 4.78 is 2.07. The minimum atomic E-state index is -0.0323. The molecule has 120 valence electrons. The van der Waals surface area contributed by atoms with Gasteiger partial charge in [0.05, 0.1) is 6.67 Å². The lowest BCUT2D eigenvalue weighted by Crippen LogP contribution is -2.43. The number of nitrogens with zero attached hydrogens (tertiary/aromatic N) is 4. The number of anilines is 3. The molecule has 6 nitrogen and oxygen atoms in total. The van der Waals surface area contributed by atoms with Gasteiger partial charge < -0.3 is 19.7 Å². The summed E-state index contributed by atoms with van der Waals surface area (Å²) in [6, 6.07) is 8.43. The molecule has 2 aliphatic heterocycles. The lowest BCUT2D eigenvalue weighted by molar-refractivity contribution is 0.0937. The molecule has 0 bridgehead atoms. The fourth-order valence-corrected chi connectivity index (χ4v) is 3.43. The third-order valence-electron chi connectivity index (χ3n) is 4.53. The van der Waals surface area contributed by atoms with Crippen LogP contribution in [0.5, 0.6) is 0 Å². The van der Waals surface area contributed by atoms with Crippen LogP contribution in [0.3, 0.4) is 0 Å². The van der Waals surface area contributed by atoms with Crippen molar-refractivity contribution in [3.8, 4) is 0 Å². The predicted octanol–water partition coefficient (Wildman–Crippen LogP) is 2.12. The molecule has 0 aliphatic carbocycles. The van der Waals surface area contributed by atoms with Gasteiger partial charge >= 0.3 is 0 Å². The molecule has 0 radical (unpaired) electrons. The van der Waals surface area contributed by atoms with Gasteiger partial charge in [0.25, 0.3) is 5.91 Å². The van der Waals surface area contributed by atoms with Crippen molar-refractivity contribution in [1.82, 2.24) is 14.9 Å². The lowest BCUT2D eigenvalue weighted by Gasteiger charge is -2.33. The maximum absolute atomic E-state index is 12.4. The van der Waals surface area contributed by atoms with Crippen molar-refractivity contribution in [2.45, 2.75) is 20.4 Å². The van der Waals surface area contributed by atoms with E-state index in [0.29, 0.717) is 18.3 Å². The average molecular weight is 311 g/mol. The molecule has 0 saturated heterocycles. The number of nitrogens with one attached hydrogen (secondary N) is 1. The van der Waals surface area contributed by atoms with E-state index in [1.54, 1.807) is 0 Å². The lowest BCUT2D eigenvalue weighted by atomic mass is 10.1. The fraction of sp³-hybridized carbons (Fsp3) is 0.412. The number of carbonyl (C=O) groups excluding carboxylic acids is 1. The zero-order valence-electron chi connectivity index (χ0n) is 13.7. The second-order valence-corrected chi connectivity index (χ2v) is 6.61. The van der Waals surface area contributed by atoms with Crippen LogP contribution in [0, 0.1) is 12.8 Å². The molecule has 1 amide bonds. The molecule has 6 heteroatoms. The van der Waals surface area contributed by atoms with Crippen molar-refractivity contribution in [1.29, 1.82) is 0 Å². The largest absolute Gasteiger partial charge is 0.340 e. The number of imidazole rings is 1. The molecule has 3 heterocycles. The maximum Gasteiger partial charge on any atom is 0.273 e. The second-order valence-electron chi connectivity index (χ2n) is 6.61. The molecule has 2 aromatic rings. The predicted molar refractivity (Wildman–Crippen MR) is 90.3 cm³/mol. The van der Waals surface area contributed by atoms with Gasteiger partial charge in [-0.3, -0.25) is 4.79 Å². The molecule has 4 rings (SSSR count). The highest BCUT2D eigenvalue weighted by Crippen LogP contribution is 2.36. The van der Waals surface area contributed by atoms with Crippen LogP contribution in [0.4, 0.5) is 17.5 Å². The van der Waals surface area contributed by atoms with E-state index >= 15 is 0 Å². The molecular weight excluding hydrogens is 290 g/mol. The first-order chi connectivity index (χ1) is 11.0. The highest BCUT2D eigenvalue weighted by Gasteiger charge is 2.34. The van der Waals surface area contributed by atoms with Gasteiger partial charge in [-0.1, -0.05) is 19.1 Å². The molecule has 1 aromatic heterocycles. The van der Waals surface area contributed by atoms with Gasteiger partial charge in [0.2, 0.25) is 5.95 Å². The summed E-state index contributed by atoms with van der Waals surface area (Å²) in [5, 5.41) is 2.91. The summed E-state index contributed by atoms with van der Waals surface area (Å²) in [4.78, 5) is 21.4. The van der Waals surface area contributed by atoms with Crippen LogP contribution in [-0.2, 0) is 6.54 Å². The summed E-state index contributed by atoms with van der Waals surface area (Å²) in [6.45, 7) is 6.53. The van der Waals surface area contributed by atoms with Gasteiger partial charge in [0, 0.05) is 25.8 Å². The van der Waals surface area contributed by atoms with Crippen LogP contribution in [0.15, 0.2) is 24.3 Å². The third kappa shape index (κ3) is 2.17. The Morgan fingerprint density at radius 1 is 1.30 bits per heavy atom. The summed E-state index contributed by atoms with van der Waals surface area (Å²) in [5.74, 6) is 2.05. The average Bonchev–Trinajstić information content (AvgIpc) is 2.91. The Balaban J connectivity index is 1.88. The number of aryl methyl sites for hydroxylation is 1. The number of aromatic nitrogens is 2.